The van der Waals surface area contributed by atoms with Crippen molar-refractivity contribution in [2.75, 3.05) is 26.7 Å². The Morgan fingerprint density at radius 2 is 2.31 bits per heavy atom. The van der Waals surface area contributed by atoms with E-state index in [1.54, 1.807) is 0 Å². The van der Waals surface area contributed by atoms with Crippen LogP contribution in [0, 0.1) is 5.92 Å². The van der Waals surface area contributed by atoms with Crippen LogP contribution in [0.3, 0.4) is 0 Å². The second-order valence-electron chi connectivity index (χ2n) is 4.43. The molecule has 0 bridgehead atoms. The van der Waals surface area contributed by atoms with Crippen molar-refractivity contribution in [3.63, 3.8) is 0 Å². The third-order valence-electron chi connectivity index (χ3n) is 3.03. The van der Waals surface area contributed by atoms with Gasteiger partial charge < -0.3 is 10.2 Å². The highest BCUT2D eigenvalue weighted by atomic mass is 15.2. The van der Waals surface area contributed by atoms with Crippen LogP contribution >= 0.6 is 0 Å². The van der Waals surface area contributed by atoms with Gasteiger partial charge in [0.15, 0.2) is 0 Å². The maximum absolute atomic E-state index is 3.36. The summed E-state index contributed by atoms with van der Waals surface area (Å²) in [4.78, 5) is 2.60. The van der Waals surface area contributed by atoms with Crippen molar-refractivity contribution in [3.05, 3.63) is 0 Å². The fourth-order valence-corrected chi connectivity index (χ4v) is 2.26. The number of nitrogens with zero attached hydrogens (tertiary/aromatic N) is 1. The molecule has 1 rings (SSSR count). The van der Waals surface area contributed by atoms with E-state index in [0.29, 0.717) is 0 Å². The highest BCUT2D eigenvalue weighted by Crippen LogP contribution is 2.13. The Morgan fingerprint density at radius 3 is 2.85 bits per heavy atom. The van der Waals surface area contributed by atoms with Crippen molar-refractivity contribution in [3.8, 4) is 0 Å². The summed E-state index contributed by atoms with van der Waals surface area (Å²) in [6.07, 6.45) is 4.03. The predicted molar refractivity (Wildman–Crippen MR) is 58.0 cm³/mol. The summed E-state index contributed by atoms with van der Waals surface area (Å²) in [5, 5.41) is 3.36. The molecule has 0 radical (unpaired) electrons. The van der Waals surface area contributed by atoms with Crippen LogP contribution in [0.1, 0.15) is 33.1 Å². The fraction of sp³-hybridized carbons (Fsp3) is 1.00. The van der Waals surface area contributed by atoms with E-state index in [9.17, 15) is 0 Å². The van der Waals surface area contributed by atoms with E-state index < -0.39 is 0 Å². The van der Waals surface area contributed by atoms with Crippen molar-refractivity contribution in [2.45, 2.75) is 39.2 Å². The lowest BCUT2D eigenvalue weighted by atomic mass is 10.1. The van der Waals surface area contributed by atoms with Gasteiger partial charge in [-0.05, 0) is 32.4 Å². The molecule has 0 spiro atoms. The highest BCUT2D eigenvalue weighted by Gasteiger charge is 2.21. The molecule has 1 aliphatic heterocycles. The number of rotatable bonds is 5. The summed E-state index contributed by atoms with van der Waals surface area (Å²) in [5.74, 6) is 0.876. The smallest absolute Gasteiger partial charge is 0.0204 e. The maximum Gasteiger partial charge on any atom is 0.0204 e. The monoisotopic (exact) mass is 184 g/mol. The van der Waals surface area contributed by atoms with E-state index in [1.807, 2.05) is 0 Å². The van der Waals surface area contributed by atoms with Crippen LogP contribution in [-0.2, 0) is 0 Å². The molecular formula is C11H24N2. The first-order chi connectivity index (χ1) is 6.26. The molecule has 1 heterocycles. The summed E-state index contributed by atoms with van der Waals surface area (Å²) < 4.78 is 0. The van der Waals surface area contributed by atoms with Crippen LogP contribution < -0.4 is 5.32 Å². The molecule has 1 N–H and O–H groups in total. The van der Waals surface area contributed by atoms with Gasteiger partial charge in [-0.2, -0.15) is 0 Å². The molecule has 0 amide bonds. The zero-order valence-corrected chi connectivity index (χ0v) is 9.34. The molecule has 0 aromatic carbocycles. The molecule has 2 heteroatoms. The molecular weight excluding hydrogens is 160 g/mol. The highest BCUT2D eigenvalue weighted by molar-refractivity contribution is 4.80. The van der Waals surface area contributed by atoms with Gasteiger partial charge in [-0.25, -0.2) is 0 Å². The van der Waals surface area contributed by atoms with Crippen LogP contribution in [0.2, 0.25) is 0 Å². The largest absolute Gasteiger partial charge is 0.316 e. The topological polar surface area (TPSA) is 15.3 Å². The molecule has 78 valence electrons. The Bertz CT molecular complexity index is 136. The summed E-state index contributed by atoms with van der Waals surface area (Å²) in [5.41, 5.74) is 0. The fourth-order valence-electron chi connectivity index (χ4n) is 2.26. The summed E-state index contributed by atoms with van der Waals surface area (Å²) in [6, 6.07) is 0.744. The Hall–Kier alpha value is -0.0800. The lowest BCUT2D eigenvalue weighted by Gasteiger charge is -2.20. The molecule has 2 unspecified atom stereocenters. The standard InChI is InChI=1S/C11H24N2/c1-4-5-10(2)8-13-7-6-11(9-13)12-3/h10-12H,4-9H2,1-3H3. The first-order valence-electron chi connectivity index (χ1n) is 5.65. The molecule has 13 heavy (non-hydrogen) atoms. The molecule has 0 aliphatic carbocycles. The lowest BCUT2D eigenvalue weighted by molar-refractivity contribution is 0.273. The Morgan fingerprint density at radius 1 is 1.54 bits per heavy atom. The number of hydrogen-bond acceptors (Lipinski definition) is 2. The average Bonchev–Trinajstić information content (AvgIpc) is 2.52. The summed E-state index contributed by atoms with van der Waals surface area (Å²) in [6.45, 7) is 8.49. The van der Waals surface area contributed by atoms with E-state index in [0.717, 1.165) is 12.0 Å². The third-order valence-corrected chi connectivity index (χ3v) is 3.03. The minimum atomic E-state index is 0.744. The number of nitrogens with one attached hydrogen (secondary N) is 1. The zero-order chi connectivity index (χ0) is 9.68. The van der Waals surface area contributed by atoms with Gasteiger partial charge in [0.1, 0.15) is 0 Å². The molecule has 2 atom stereocenters. The number of likely N-dealkylation sites (N-methyl/N-ethyl adjacent to an activating group) is 1. The van der Waals surface area contributed by atoms with Crippen LogP contribution in [-0.4, -0.2) is 37.6 Å². The first-order valence-corrected chi connectivity index (χ1v) is 5.65. The summed E-state index contributed by atoms with van der Waals surface area (Å²) >= 11 is 0. The van der Waals surface area contributed by atoms with Crippen molar-refractivity contribution in [2.24, 2.45) is 5.92 Å². The van der Waals surface area contributed by atoms with Gasteiger partial charge >= 0.3 is 0 Å². The summed E-state index contributed by atoms with van der Waals surface area (Å²) in [7, 11) is 2.07. The molecule has 0 aromatic heterocycles. The second-order valence-corrected chi connectivity index (χ2v) is 4.43. The van der Waals surface area contributed by atoms with Gasteiger partial charge in [-0.3, -0.25) is 0 Å². The van der Waals surface area contributed by atoms with E-state index in [2.05, 4.69) is 31.1 Å². The van der Waals surface area contributed by atoms with Gasteiger partial charge in [-0.15, -0.1) is 0 Å². The molecule has 1 saturated heterocycles. The second kappa shape index (κ2) is 5.61. The SMILES string of the molecule is CCCC(C)CN1CCC(NC)C1. The maximum atomic E-state index is 3.36. The average molecular weight is 184 g/mol. The van der Waals surface area contributed by atoms with E-state index in [4.69, 9.17) is 0 Å². The lowest BCUT2D eigenvalue weighted by Crippen LogP contribution is -2.31. The quantitative estimate of drug-likeness (QED) is 0.700. The first kappa shape index (κ1) is 11.0. The van der Waals surface area contributed by atoms with Gasteiger partial charge in [0.05, 0.1) is 0 Å². The van der Waals surface area contributed by atoms with Crippen molar-refractivity contribution in [1.29, 1.82) is 0 Å². The van der Waals surface area contributed by atoms with E-state index in [-0.39, 0.29) is 0 Å². The molecule has 1 fully saturated rings. The van der Waals surface area contributed by atoms with Gasteiger partial charge in [0, 0.05) is 19.1 Å². The van der Waals surface area contributed by atoms with Gasteiger partial charge in [0.2, 0.25) is 0 Å². The Kier molecular flexibility index (Phi) is 4.74. The van der Waals surface area contributed by atoms with E-state index >= 15 is 0 Å². The normalized spacial score (nSPS) is 26.5. The molecule has 1 aliphatic rings. The van der Waals surface area contributed by atoms with Gasteiger partial charge in [0.25, 0.3) is 0 Å². The number of hydrogen-bond donors (Lipinski definition) is 1. The van der Waals surface area contributed by atoms with Crippen LogP contribution in [0.4, 0.5) is 0 Å². The third kappa shape index (κ3) is 3.65. The predicted octanol–water partition coefficient (Wildman–Crippen LogP) is 1.72. The Balaban J connectivity index is 2.16. The van der Waals surface area contributed by atoms with Crippen LogP contribution in [0.25, 0.3) is 0 Å². The van der Waals surface area contributed by atoms with Crippen molar-refractivity contribution in [1.82, 2.24) is 10.2 Å². The minimum absolute atomic E-state index is 0.744. The Labute approximate surface area is 82.7 Å². The van der Waals surface area contributed by atoms with Crippen molar-refractivity contribution >= 4 is 0 Å². The van der Waals surface area contributed by atoms with Crippen LogP contribution in [0.5, 0.6) is 0 Å². The zero-order valence-electron chi connectivity index (χ0n) is 9.34. The molecule has 2 nitrogen and oxygen atoms in total. The van der Waals surface area contributed by atoms with E-state index in [1.165, 1.54) is 38.9 Å². The van der Waals surface area contributed by atoms with Crippen molar-refractivity contribution < 1.29 is 0 Å². The molecule has 0 saturated carbocycles. The minimum Gasteiger partial charge on any atom is -0.316 e. The van der Waals surface area contributed by atoms with Crippen LogP contribution in [0.15, 0.2) is 0 Å². The van der Waals surface area contributed by atoms with Gasteiger partial charge in [-0.1, -0.05) is 20.3 Å². The molecule has 0 aromatic rings. The number of likely N-dealkylation sites (tertiary alicyclic amines) is 1.